The highest BCUT2D eigenvalue weighted by Gasteiger charge is 2.22. The van der Waals surface area contributed by atoms with E-state index in [1.807, 2.05) is 30.3 Å². The summed E-state index contributed by atoms with van der Waals surface area (Å²) in [6.07, 6.45) is 0.725. The van der Waals surface area contributed by atoms with Crippen LogP contribution >= 0.6 is 0 Å². The second-order valence-electron chi connectivity index (χ2n) is 4.38. The first-order valence-electron chi connectivity index (χ1n) is 6.37. The Bertz CT molecular complexity index is 579. The van der Waals surface area contributed by atoms with Crippen molar-refractivity contribution in [2.45, 2.75) is 19.1 Å². The zero-order chi connectivity index (χ0) is 15.1. The van der Waals surface area contributed by atoms with Crippen LogP contribution in [-0.4, -0.2) is 23.2 Å². The molecule has 2 rings (SSSR count). The monoisotopic (exact) mass is 289 g/mol. The van der Waals surface area contributed by atoms with E-state index in [1.165, 1.54) is 6.26 Å². The molecule has 2 N–H and O–H groups in total. The number of rotatable bonds is 6. The van der Waals surface area contributed by atoms with Crippen molar-refractivity contribution in [2.24, 2.45) is 0 Å². The lowest BCUT2D eigenvalue weighted by Crippen LogP contribution is -2.42. The van der Waals surface area contributed by atoms with Crippen LogP contribution in [-0.2, 0) is 22.6 Å². The fraction of sp³-hybridized carbons (Fsp3) is 0.200. The minimum atomic E-state index is -1.15. The summed E-state index contributed by atoms with van der Waals surface area (Å²) in [6.45, 7) is 0.0831. The van der Waals surface area contributed by atoms with Crippen molar-refractivity contribution in [3.8, 4) is 0 Å². The molecule has 0 unspecified atom stereocenters. The van der Waals surface area contributed by atoms with Gasteiger partial charge in [-0.2, -0.15) is 0 Å². The Morgan fingerprint density at radius 1 is 1.19 bits per heavy atom. The predicted octanol–water partition coefficient (Wildman–Crippen LogP) is 2.20. The van der Waals surface area contributed by atoms with Crippen LogP contribution in [0.1, 0.15) is 11.3 Å². The number of carbonyl (C=O) groups is 2. The van der Waals surface area contributed by atoms with E-state index >= 15 is 0 Å². The Hall–Kier alpha value is -2.76. The number of ether oxygens (including phenoxy) is 1. The SMILES string of the molecule is O=C(N[C@H](Cc1ccco1)C(=O)O)OCc1ccccc1. The molecule has 1 heterocycles. The molecule has 0 fully saturated rings. The van der Waals surface area contributed by atoms with Gasteiger partial charge in [-0.05, 0) is 17.7 Å². The number of alkyl carbamates (subject to hydrolysis) is 1. The molecule has 6 heteroatoms. The Labute approximate surface area is 121 Å². The summed E-state index contributed by atoms with van der Waals surface area (Å²) in [5.74, 6) is -0.672. The van der Waals surface area contributed by atoms with Gasteiger partial charge in [-0.1, -0.05) is 30.3 Å². The van der Waals surface area contributed by atoms with Gasteiger partial charge >= 0.3 is 12.1 Å². The van der Waals surface area contributed by atoms with Gasteiger partial charge in [-0.3, -0.25) is 0 Å². The van der Waals surface area contributed by atoms with Crippen LogP contribution in [0.5, 0.6) is 0 Å². The fourth-order valence-corrected chi connectivity index (χ4v) is 1.74. The highest BCUT2D eigenvalue weighted by molar-refractivity contribution is 5.80. The largest absolute Gasteiger partial charge is 0.480 e. The van der Waals surface area contributed by atoms with Gasteiger partial charge in [0, 0.05) is 6.42 Å². The van der Waals surface area contributed by atoms with Gasteiger partial charge in [-0.15, -0.1) is 0 Å². The minimum absolute atomic E-state index is 0.0583. The van der Waals surface area contributed by atoms with E-state index in [0.717, 1.165) is 5.56 Å². The zero-order valence-corrected chi connectivity index (χ0v) is 11.2. The Balaban J connectivity index is 1.85. The van der Waals surface area contributed by atoms with E-state index in [4.69, 9.17) is 14.3 Å². The standard InChI is InChI=1S/C15H15NO5/c17-14(18)13(9-12-7-4-8-20-12)16-15(19)21-10-11-5-2-1-3-6-11/h1-8,13H,9-10H2,(H,16,19)(H,17,18)/t13-/m1/s1. The smallest absolute Gasteiger partial charge is 0.408 e. The zero-order valence-electron chi connectivity index (χ0n) is 11.2. The molecule has 0 aliphatic heterocycles. The quantitative estimate of drug-likeness (QED) is 0.851. The highest BCUT2D eigenvalue weighted by atomic mass is 16.5. The maximum atomic E-state index is 11.6. The van der Waals surface area contributed by atoms with Crippen molar-refractivity contribution in [3.05, 3.63) is 60.1 Å². The Kier molecular flexibility index (Phi) is 4.98. The summed E-state index contributed by atoms with van der Waals surface area (Å²) >= 11 is 0. The molecule has 0 spiro atoms. The maximum absolute atomic E-state index is 11.6. The second kappa shape index (κ2) is 7.14. The number of nitrogens with one attached hydrogen (secondary N) is 1. The third-order valence-electron chi connectivity index (χ3n) is 2.79. The number of benzene rings is 1. The molecular weight excluding hydrogens is 274 g/mol. The average molecular weight is 289 g/mol. The van der Waals surface area contributed by atoms with Crippen molar-refractivity contribution in [1.29, 1.82) is 0 Å². The van der Waals surface area contributed by atoms with Crippen molar-refractivity contribution < 1.29 is 23.8 Å². The van der Waals surface area contributed by atoms with Crippen LogP contribution in [0.3, 0.4) is 0 Å². The van der Waals surface area contributed by atoms with E-state index in [-0.39, 0.29) is 13.0 Å². The van der Waals surface area contributed by atoms with Crippen LogP contribution in [0.15, 0.2) is 53.1 Å². The maximum Gasteiger partial charge on any atom is 0.408 e. The van der Waals surface area contributed by atoms with E-state index in [0.29, 0.717) is 5.76 Å². The molecule has 0 aliphatic carbocycles. The van der Waals surface area contributed by atoms with Crippen LogP contribution in [0, 0.1) is 0 Å². The molecule has 0 bridgehead atoms. The van der Waals surface area contributed by atoms with Gasteiger partial charge in [0.15, 0.2) is 0 Å². The molecule has 1 aromatic heterocycles. The van der Waals surface area contributed by atoms with Gasteiger partial charge in [0.2, 0.25) is 0 Å². The predicted molar refractivity (Wildman–Crippen MR) is 73.6 cm³/mol. The first-order valence-corrected chi connectivity index (χ1v) is 6.37. The molecule has 0 saturated carbocycles. The molecule has 110 valence electrons. The van der Waals surface area contributed by atoms with Gasteiger partial charge in [0.25, 0.3) is 0 Å². The number of carboxylic acid groups (broad SMARTS) is 1. The summed E-state index contributed by atoms with van der Waals surface area (Å²) in [6, 6.07) is 11.3. The summed E-state index contributed by atoms with van der Waals surface area (Å²) in [7, 11) is 0. The lowest BCUT2D eigenvalue weighted by molar-refractivity contribution is -0.139. The molecule has 21 heavy (non-hydrogen) atoms. The molecule has 2 aromatic rings. The average Bonchev–Trinajstić information content (AvgIpc) is 2.98. The van der Waals surface area contributed by atoms with Gasteiger partial charge in [-0.25, -0.2) is 9.59 Å². The molecule has 6 nitrogen and oxygen atoms in total. The van der Waals surface area contributed by atoms with Crippen LogP contribution in [0.2, 0.25) is 0 Å². The number of carbonyl (C=O) groups excluding carboxylic acids is 1. The minimum Gasteiger partial charge on any atom is -0.480 e. The fourth-order valence-electron chi connectivity index (χ4n) is 1.74. The van der Waals surface area contributed by atoms with E-state index in [9.17, 15) is 9.59 Å². The van der Waals surface area contributed by atoms with Crippen molar-refractivity contribution in [1.82, 2.24) is 5.32 Å². The Morgan fingerprint density at radius 2 is 1.95 bits per heavy atom. The Morgan fingerprint density at radius 3 is 2.57 bits per heavy atom. The lowest BCUT2D eigenvalue weighted by atomic mass is 10.2. The van der Waals surface area contributed by atoms with Crippen LogP contribution in [0.4, 0.5) is 4.79 Å². The normalized spacial score (nSPS) is 11.6. The molecular formula is C15H15NO5. The number of hydrogen-bond acceptors (Lipinski definition) is 4. The number of hydrogen-bond donors (Lipinski definition) is 2. The molecule has 1 atom stereocenters. The van der Waals surface area contributed by atoms with Crippen LogP contribution in [0.25, 0.3) is 0 Å². The van der Waals surface area contributed by atoms with E-state index in [1.54, 1.807) is 12.1 Å². The van der Waals surface area contributed by atoms with Gasteiger partial charge in [0.05, 0.1) is 6.26 Å². The van der Waals surface area contributed by atoms with E-state index < -0.39 is 18.1 Å². The van der Waals surface area contributed by atoms with E-state index in [2.05, 4.69) is 5.32 Å². The molecule has 0 aliphatic rings. The van der Waals surface area contributed by atoms with Gasteiger partial charge < -0.3 is 19.6 Å². The summed E-state index contributed by atoms with van der Waals surface area (Å²) in [5, 5.41) is 11.4. The third kappa shape index (κ3) is 4.68. The van der Waals surface area contributed by atoms with Gasteiger partial charge in [0.1, 0.15) is 18.4 Å². The molecule has 0 saturated heterocycles. The number of furan rings is 1. The first-order chi connectivity index (χ1) is 10.1. The summed E-state index contributed by atoms with van der Waals surface area (Å²) < 4.78 is 10.1. The number of amides is 1. The van der Waals surface area contributed by atoms with Crippen LogP contribution < -0.4 is 5.32 Å². The topological polar surface area (TPSA) is 88.8 Å². The number of carboxylic acids is 1. The molecule has 0 radical (unpaired) electrons. The van der Waals surface area contributed by atoms with Crippen molar-refractivity contribution >= 4 is 12.1 Å². The first kappa shape index (κ1) is 14.6. The highest BCUT2D eigenvalue weighted by Crippen LogP contribution is 2.05. The molecule has 1 amide bonds. The third-order valence-corrected chi connectivity index (χ3v) is 2.79. The second-order valence-corrected chi connectivity index (χ2v) is 4.38. The number of aliphatic carboxylic acids is 1. The lowest BCUT2D eigenvalue weighted by Gasteiger charge is -2.13. The van der Waals surface area contributed by atoms with Crippen molar-refractivity contribution in [3.63, 3.8) is 0 Å². The molecule has 1 aromatic carbocycles. The summed E-state index contributed by atoms with van der Waals surface area (Å²) in [5.41, 5.74) is 0.825. The summed E-state index contributed by atoms with van der Waals surface area (Å²) in [4.78, 5) is 22.8. The van der Waals surface area contributed by atoms with Crippen molar-refractivity contribution in [2.75, 3.05) is 0 Å².